The van der Waals surface area contributed by atoms with Gasteiger partial charge in [-0.3, -0.25) is 4.79 Å². The molecule has 0 fully saturated rings. The Bertz CT molecular complexity index is 453. The van der Waals surface area contributed by atoms with Crippen LogP contribution in [0.1, 0.15) is 29.4 Å². The molecule has 0 saturated heterocycles. The van der Waals surface area contributed by atoms with E-state index in [-0.39, 0.29) is 5.91 Å². The van der Waals surface area contributed by atoms with Crippen molar-refractivity contribution in [2.75, 3.05) is 40.4 Å². The minimum absolute atomic E-state index is 0.145. The van der Waals surface area contributed by atoms with E-state index < -0.39 is 0 Å². The molecule has 1 rings (SSSR count). The molecule has 0 aliphatic heterocycles. The molecule has 1 aromatic rings. The smallest absolute Gasteiger partial charge is 0.251 e. The molecule has 6 heteroatoms. The molecule has 0 aromatic carbocycles. The van der Waals surface area contributed by atoms with E-state index in [1.165, 1.54) is 0 Å². The van der Waals surface area contributed by atoms with Gasteiger partial charge in [-0.15, -0.1) is 0 Å². The quantitative estimate of drug-likeness (QED) is 0.559. The molecule has 0 bridgehead atoms. The normalized spacial score (nSPS) is 10.9. The van der Waals surface area contributed by atoms with E-state index in [1.807, 2.05) is 19.0 Å². The first kappa shape index (κ1) is 17.9. The fourth-order valence-electron chi connectivity index (χ4n) is 1.75. The minimum atomic E-state index is -0.145. The number of amides is 1. The van der Waals surface area contributed by atoms with E-state index in [9.17, 15) is 4.79 Å². The van der Waals surface area contributed by atoms with Crippen LogP contribution in [0.5, 0.6) is 0 Å². The lowest BCUT2D eigenvalue weighted by atomic mass is 10.1. The summed E-state index contributed by atoms with van der Waals surface area (Å²) in [6.07, 6.45) is 1.78. The van der Waals surface area contributed by atoms with Gasteiger partial charge in [0, 0.05) is 24.3 Å². The summed E-state index contributed by atoms with van der Waals surface area (Å²) in [6, 6.07) is 3.38. The zero-order chi connectivity index (χ0) is 15.7. The highest BCUT2D eigenvalue weighted by Crippen LogP contribution is 2.12. The predicted molar refractivity (Wildman–Crippen MR) is 84.9 cm³/mol. The molecule has 1 N–H and O–H groups in total. The molecule has 1 amide bonds. The minimum Gasteiger partial charge on any atom is -0.378 e. The van der Waals surface area contributed by atoms with E-state index >= 15 is 0 Å². The number of nitrogens with one attached hydrogen (secondary N) is 1. The number of carbonyl (C=O) groups excluding carboxylic acids is 1. The van der Waals surface area contributed by atoms with Gasteiger partial charge in [0.1, 0.15) is 5.15 Å². The third-order valence-electron chi connectivity index (χ3n) is 2.83. The Balaban J connectivity index is 2.38. The molecular weight excluding hydrogens is 290 g/mol. The number of halogens is 1. The van der Waals surface area contributed by atoms with Crippen LogP contribution < -0.4 is 5.32 Å². The van der Waals surface area contributed by atoms with Gasteiger partial charge in [-0.25, -0.2) is 4.98 Å². The number of rotatable bonds is 9. The molecule has 0 aliphatic carbocycles. The molecule has 5 nitrogen and oxygen atoms in total. The summed E-state index contributed by atoms with van der Waals surface area (Å²) < 4.78 is 5.42. The van der Waals surface area contributed by atoms with Crippen LogP contribution in [0.15, 0.2) is 12.1 Å². The molecule has 118 valence electrons. The van der Waals surface area contributed by atoms with E-state index in [1.54, 1.807) is 12.1 Å². The maximum absolute atomic E-state index is 12.0. The van der Waals surface area contributed by atoms with Crippen LogP contribution in [-0.2, 0) is 11.2 Å². The van der Waals surface area contributed by atoms with Gasteiger partial charge in [-0.2, -0.15) is 0 Å². The van der Waals surface area contributed by atoms with Crippen LogP contribution in [0.2, 0.25) is 5.15 Å². The van der Waals surface area contributed by atoms with Crippen LogP contribution >= 0.6 is 11.6 Å². The third-order valence-corrected chi connectivity index (χ3v) is 3.02. The van der Waals surface area contributed by atoms with Gasteiger partial charge >= 0.3 is 0 Å². The summed E-state index contributed by atoms with van der Waals surface area (Å²) >= 11 is 5.94. The molecule has 0 unspecified atom stereocenters. The largest absolute Gasteiger partial charge is 0.378 e. The van der Waals surface area contributed by atoms with E-state index in [2.05, 4.69) is 17.2 Å². The second-order valence-corrected chi connectivity index (χ2v) is 5.48. The van der Waals surface area contributed by atoms with Crippen molar-refractivity contribution >= 4 is 17.5 Å². The zero-order valence-electron chi connectivity index (χ0n) is 13.0. The lowest BCUT2D eigenvalue weighted by molar-refractivity contribution is 0.0900. The van der Waals surface area contributed by atoms with Crippen molar-refractivity contribution in [1.29, 1.82) is 0 Å². The number of nitrogens with zero attached hydrogens (tertiary/aromatic N) is 2. The number of likely N-dealkylation sites (N-methyl/N-ethyl adjacent to an activating group) is 1. The molecular formula is C15H24ClN3O2. The number of aryl methyl sites for hydroxylation is 1. The first-order chi connectivity index (χ1) is 10.0. The Kier molecular flexibility index (Phi) is 8.27. The van der Waals surface area contributed by atoms with Gasteiger partial charge in [0.25, 0.3) is 5.91 Å². The monoisotopic (exact) mass is 313 g/mol. The molecule has 0 saturated carbocycles. The Morgan fingerprint density at radius 2 is 2.14 bits per heavy atom. The molecule has 0 atom stereocenters. The van der Waals surface area contributed by atoms with Crippen molar-refractivity contribution in [2.24, 2.45) is 0 Å². The van der Waals surface area contributed by atoms with Crippen molar-refractivity contribution in [2.45, 2.75) is 19.8 Å². The summed E-state index contributed by atoms with van der Waals surface area (Å²) in [5.74, 6) is -0.145. The van der Waals surface area contributed by atoms with Gasteiger partial charge < -0.3 is 15.0 Å². The maximum Gasteiger partial charge on any atom is 0.251 e. The first-order valence-corrected chi connectivity index (χ1v) is 7.58. The van der Waals surface area contributed by atoms with Crippen molar-refractivity contribution in [3.05, 3.63) is 28.5 Å². The number of ether oxygens (including phenoxy) is 1. The first-order valence-electron chi connectivity index (χ1n) is 7.20. The van der Waals surface area contributed by atoms with Crippen LogP contribution in [0.4, 0.5) is 0 Å². The Labute approximate surface area is 131 Å². The summed E-state index contributed by atoms with van der Waals surface area (Å²) in [4.78, 5) is 18.3. The lowest BCUT2D eigenvalue weighted by Gasteiger charge is -2.10. The Morgan fingerprint density at radius 1 is 1.38 bits per heavy atom. The molecule has 0 aliphatic rings. The fourth-order valence-corrected chi connectivity index (χ4v) is 1.98. The molecule has 0 spiro atoms. The van der Waals surface area contributed by atoms with Crippen LogP contribution in [-0.4, -0.2) is 56.2 Å². The van der Waals surface area contributed by atoms with Crippen molar-refractivity contribution in [3.8, 4) is 0 Å². The third kappa shape index (κ3) is 7.41. The van der Waals surface area contributed by atoms with E-state index in [0.29, 0.717) is 30.5 Å². The molecule has 1 heterocycles. The SMILES string of the molecule is CCCc1cc(C(=O)NCCOCCN(C)C)cc(Cl)n1. The summed E-state index contributed by atoms with van der Waals surface area (Å²) in [7, 11) is 3.98. The molecule has 1 aromatic heterocycles. The van der Waals surface area contributed by atoms with Gasteiger partial charge in [0.05, 0.1) is 13.2 Å². The fraction of sp³-hybridized carbons (Fsp3) is 0.600. The Morgan fingerprint density at radius 3 is 2.81 bits per heavy atom. The number of aromatic nitrogens is 1. The topological polar surface area (TPSA) is 54.5 Å². The highest BCUT2D eigenvalue weighted by atomic mass is 35.5. The number of pyridine rings is 1. The Hall–Kier alpha value is -1.17. The average molecular weight is 314 g/mol. The predicted octanol–water partition coefficient (Wildman–Crippen LogP) is 2.00. The number of carbonyl (C=O) groups is 1. The van der Waals surface area contributed by atoms with Gasteiger partial charge in [0.2, 0.25) is 0 Å². The second kappa shape index (κ2) is 9.71. The van der Waals surface area contributed by atoms with Gasteiger partial charge in [0.15, 0.2) is 0 Å². The van der Waals surface area contributed by atoms with Crippen molar-refractivity contribution < 1.29 is 9.53 Å². The van der Waals surface area contributed by atoms with Crippen molar-refractivity contribution in [3.63, 3.8) is 0 Å². The lowest BCUT2D eigenvalue weighted by Crippen LogP contribution is -2.28. The summed E-state index contributed by atoms with van der Waals surface area (Å²) in [5.41, 5.74) is 1.39. The van der Waals surface area contributed by atoms with Crippen LogP contribution in [0.3, 0.4) is 0 Å². The van der Waals surface area contributed by atoms with Gasteiger partial charge in [-0.1, -0.05) is 24.9 Å². The van der Waals surface area contributed by atoms with Gasteiger partial charge in [-0.05, 0) is 32.6 Å². The highest BCUT2D eigenvalue weighted by Gasteiger charge is 2.08. The van der Waals surface area contributed by atoms with Crippen LogP contribution in [0, 0.1) is 0 Å². The standard InChI is InChI=1S/C15H24ClN3O2/c1-4-5-13-10-12(11-14(16)18-13)15(20)17-6-8-21-9-7-19(2)3/h10-11H,4-9H2,1-3H3,(H,17,20). The van der Waals surface area contributed by atoms with Crippen molar-refractivity contribution in [1.82, 2.24) is 15.2 Å². The maximum atomic E-state index is 12.0. The summed E-state index contributed by atoms with van der Waals surface area (Å²) in [6.45, 7) is 4.57. The average Bonchev–Trinajstić information content (AvgIpc) is 2.41. The summed E-state index contributed by atoms with van der Waals surface area (Å²) in [5, 5.41) is 3.17. The van der Waals surface area contributed by atoms with E-state index in [0.717, 1.165) is 25.1 Å². The number of hydrogen-bond acceptors (Lipinski definition) is 4. The molecule has 21 heavy (non-hydrogen) atoms. The number of hydrogen-bond donors (Lipinski definition) is 1. The zero-order valence-corrected chi connectivity index (χ0v) is 13.7. The highest BCUT2D eigenvalue weighted by molar-refractivity contribution is 6.29. The van der Waals surface area contributed by atoms with E-state index in [4.69, 9.17) is 16.3 Å². The molecule has 0 radical (unpaired) electrons. The second-order valence-electron chi connectivity index (χ2n) is 5.09. The van der Waals surface area contributed by atoms with Crippen LogP contribution in [0.25, 0.3) is 0 Å².